The molecule has 0 rings (SSSR count). The van der Waals surface area contributed by atoms with Crippen molar-refractivity contribution in [3.8, 4) is 0 Å². The van der Waals surface area contributed by atoms with E-state index >= 15 is 0 Å². The van der Waals surface area contributed by atoms with E-state index in [1.165, 1.54) is 0 Å². The van der Waals surface area contributed by atoms with Crippen molar-refractivity contribution in [2.75, 3.05) is 40.9 Å². The SMILES string of the molecule is CC/C=C\C/C=C\C/C=C\C/C=C\CCC(=O)NC(COP(=O)([O-])OCC[N+](C)(C)C)C(O)/C=C/CC/C=C/CC/C=C/CC. The third kappa shape index (κ3) is 30.1. The van der Waals surface area contributed by atoms with Crippen LogP contribution in [0.5, 0.6) is 0 Å². The van der Waals surface area contributed by atoms with E-state index in [0.29, 0.717) is 23.9 Å². The van der Waals surface area contributed by atoms with Crippen LogP contribution in [0.15, 0.2) is 85.1 Å². The third-order valence-corrected chi connectivity index (χ3v) is 7.31. The van der Waals surface area contributed by atoms with Crippen LogP contribution in [-0.2, 0) is 18.4 Å². The maximum absolute atomic E-state index is 12.7. The lowest BCUT2D eigenvalue weighted by Gasteiger charge is -2.29. The molecule has 8 nitrogen and oxygen atoms in total. The van der Waals surface area contributed by atoms with Crippen LogP contribution in [0.3, 0.4) is 0 Å². The molecule has 3 atom stereocenters. The summed E-state index contributed by atoms with van der Waals surface area (Å²) in [6, 6.07) is -0.948. The molecule has 0 fully saturated rings. The summed E-state index contributed by atoms with van der Waals surface area (Å²) < 4.78 is 22.9. The smallest absolute Gasteiger partial charge is 0.268 e. The molecule has 0 bridgehead atoms. The molecule has 0 aliphatic heterocycles. The van der Waals surface area contributed by atoms with Crippen molar-refractivity contribution < 1.29 is 32.9 Å². The van der Waals surface area contributed by atoms with Gasteiger partial charge in [-0.25, -0.2) is 0 Å². The number of unbranched alkanes of at least 4 members (excludes halogenated alkanes) is 2. The molecule has 9 heteroatoms. The Balaban J connectivity index is 4.84. The number of allylic oxidation sites excluding steroid dienone is 13. The zero-order valence-electron chi connectivity index (χ0n) is 28.5. The number of quaternary nitrogens is 1. The molecule has 0 spiro atoms. The molecule has 45 heavy (non-hydrogen) atoms. The largest absolute Gasteiger partial charge is 0.756 e. The van der Waals surface area contributed by atoms with E-state index in [1.54, 1.807) is 6.08 Å². The van der Waals surface area contributed by atoms with Crippen LogP contribution in [0.4, 0.5) is 0 Å². The highest BCUT2D eigenvalue weighted by Crippen LogP contribution is 2.38. The van der Waals surface area contributed by atoms with Crippen LogP contribution < -0.4 is 10.2 Å². The van der Waals surface area contributed by atoms with Crippen molar-refractivity contribution in [1.29, 1.82) is 0 Å². The van der Waals surface area contributed by atoms with Crippen LogP contribution in [0.2, 0.25) is 0 Å². The molecule has 3 unspecified atom stereocenters. The van der Waals surface area contributed by atoms with Gasteiger partial charge < -0.3 is 28.8 Å². The molecule has 0 heterocycles. The van der Waals surface area contributed by atoms with Gasteiger partial charge in [0, 0.05) is 6.42 Å². The first-order valence-electron chi connectivity index (χ1n) is 16.4. The van der Waals surface area contributed by atoms with Crippen LogP contribution in [0, 0.1) is 0 Å². The first-order chi connectivity index (χ1) is 21.5. The normalized spacial score (nSPS) is 16.0. The van der Waals surface area contributed by atoms with Gasteiger partial charge in [0.2, 0.25) is 5.91 Å². The highest BCUT2D eigenvalue weighted by molar-refractivity contribution is 7.45. The maximum Gasteiger partial charge on any atom is 0.268 e. The van der Waals surface area contributed by atoms with Gasteiger partial charge in [-0.05, 0) is 64.2 Å². The Morgan fingerprint density at radius 2 is 1.22 bits per heavy atom. The van der Waals surface area contributed by atoms with E-state index in [4.69, 9.17) is 9.05 Å². The van der Waals surface area contributed by atoms with E-state index in [9.17, 15) is 19.4 Å². The summed E-state index contributed by atoms with van der Waals surface area (Å²) in [6.07, 6.45) is 36.6. The van der Waals surface area contributed by atoms with Gasteiger partial charge in [-0.15, -0.1) is 0 Å². The van der Waals surface area contributed by atoms with Crippen LogP contribution >= 0.6 is 7.82 Å². The molecule has 0 aromatic carbocycles. The van der Waals surface area contributed by atoms with Crippen molar-refractivity contribution in [2.24, 2.45) is 0 Å². The quantitative estimate of drug-likeness (QED) is 0.0420. The molecule has 0 aliphatic rings. The summed E-state index contributed by atoms with van der Waals surface area (Å²) in [6.45, 7) is 4.25. The number of nitrogens with one attached hydrogen (secondary N) is 1. The van der Waals surface area contributed by atoms with Crippen molar-refractivity contribution in [3.63, 3.8) is 0 Å². The molecule has 256 valence electrons. The van der Waals surface area contributed by atoms with Gasteiger partial charge >= 0.3 is 0 Å². The molecule has 0 aromatic rings. The lowest BCUT2D eigenvalue weighted by molar-refractivity contribution is -0.870. The topological polar surface area (TPSA) is 108 Å². The van der Waals surface area contributed by atoms with Gasteiger partial charge in [-0.1, -0.05) is 98.9 Å². The summed E-state index contributed by atoms with van der Waals surface area (Å²) in [5.74, 6) is -0.301. The fourth-order valence-corrected chi connectivity index (χ4v) is 4.45. The number of hydrogen-bond donors (Lipinski definition) is 2. The Hall–Kier alpha value is -2.32. The summed E-state index contributed by atoms with van der Waals surface area (Å²) >= 11 is 0. The highest BCUT2D eigenvalue weighted by atomic mass is 31.2. The number of carbonyl (C=O) groups excluding carboxylic acids is 1. The van der Waals surface area contributed by atoms with Crippen LogP contribution in [0.1, 0.15) is 84.5 Å². The summed E-state index contributed by atoms with van der Waals surface area (Å²) in [5, 5.41) is 13.5. The van der Waals surface area contributed by atoms with E-state index in [1.807, 2.05) is 39.4 Å². The Labute approximate surface area is 274 Å². The number of rotatable bonds is 27. The second-order valence-electron chi connectivity index (χ2n) is 11.7. The zero-order valence-corrected chi connectivity index (χ0v) is 29.4. The Kier molecular flexibility index (Phi) is 26.5. The number of likely N-dealkylation sites (N-methyl/N-ethyl adjacent to an activating group) is 1. The number of phosphoric acid groups is 1. The molecule has 1 amide bonds. The monoisotopic (exact) mass is 648 g/mol. The van der Waals surface area contributed by atoms with Crippen molar-refractivity contribution in [2.45, 2.75) is 96.6 Å². The summed E-state index contributed by atoms with van der Waals surface area (Å²) in [7, 11) is 1.17. The van der Waals surface area contributed by atoms with E-state index in [0.717, 1.165) is 51.4 Å². The van der Waals surface area contributed by atoms with Gasteiger partial charge in [-0.3, -0.25) is 9.36 Å². The number of carbonyl (C=O) groups is 1. The van der Waals surface area contributed by atoms with Crippen molar-refractivity contribution >= 4 is 13.7 Å². The molecule has 0 radical (unpaired) electrons. The van der Waals surface area contributed by atoms with Crippen molar-refractivity contribution in [1.82, 2.24) is 5.32 Å². The number of aliphatic hydroxyl groups is 1. The fourth-order valence-electron chi connectivity index (χ4n) is 3.73. The molecule has 0 saturated heterocycles. The Morgan fingerprint density at radius 3 is 1.78 bits per heavy atom. The van der Waals surface area contributed by atoms with Crippen LogP contribution in [0.25, 0.3) is 0 Å². The van der Waals surface area contributed by atoms with Crippen LogP contribution in [-0.4, -0.2) is 68.5 Å². The number of amides is 1. The Morgan fingerprint density at radius 1 is 0.756 bits per heavy atom. The average molecular weight is 649 g/mol. The van der Waals surface area contributed by atoms with Gasteiger partial charge in [0.05, 0.1) is 39.9 Å². The van der Waals surface area contributed by atoms with E-state index < -0.39 is 26.6 Å². The second kappa shape index (κ2) is 27.9. The minimum Gasteiger partial charge on any atom is -0.756 e. The maximum atomic E-state index is 12.7. The molecular formula is C36H61N2O6P. The zero-order chi connectivity index (χ0) is 33.7. The molecule has 0 aromatic heterocycles. The second-order valence-corrected chi connectivity index (χ2v) is 13.1. The first-order valence-corrected chi connectivity index (χ1v) is 17.9. The number of aliphatic hydroxyl groups excluding tert-OH is 1. The highest BCUT2D eigenvalue weighted by Gasteiger charge is 2.23. The molecule has 0 saturated carbocycles. The lowest BCUT2D eigenvalue weighted by Crippen LogP contribution is -2.45. The Bertz CT molecular complexity index is 1010. The average Bonchev–Trinajstić information content (AvgIpc) is 2.97. The minimum absolute atomic E-state index is 0.0267. The van der Waals surface area contributed by atoms with Gasteiger partial charge in [0.15, 0.2) is 0 Å². The van der Waals surface area contributed by atoms with Gasteiger partial charge in [0.25, 0.3) is 7.82 Å². The third-order valence-electron chi connectivity index (χ3n) is 6.34. The van der Waals surface area contributed by atoms with E-state index in [-0.39, 0.29) is 18.9 Å². The summed E-state index contributed by atoms with van der Waals surface area (Å²) in [4.78, 5) is 25.0. The van der Waals surface area contributed by atoms with Gasteiger partial charge in [0.1, 0.15) is 13.2 Å². The number of hydrogen-bond acceptors (Lipinski definition) is 6. The predicted molar refractivity (Wildman–Crippen MR) is 186 cm³/mol. The summed E-state index contributed by atoms with van der Waals surface area (Å²) in [5.41, 5.74) is 0. The fraction of sp³-hybridized carbons (Fsp3) is 0.583. The van der Waals surface area contributed by atoms with Crippen molar-refractivity contribution in [3.05, 3.63) is 85.1 Å². The lowest BCUT2D eigenvalue weighted by atomic mass is 10.1. The standard InChI is InChI=1S/C36H61N2O6P/c1-6-8-10-12-14-16-18-19-20-22-24-26-28-30-36(40)37-34(33-44-45(41,42)43-32-31-38(3,4)5)35(39)29-27-25-23-21-17-15-13-11-9-7-2/h8-11,14,16-17,19-21,24,26-27,29,34-35,39H,6-7,12-13,15,18,22-23,25,28,30-33H2,1-5H3,(H-,37,40,41,42)/b10-8-,11-9+,16-14-,20-19-,21-17+,26-24-,29-27+. The molecule has 2 N–H and O–H groups in total. The molecular weight excluding hydrogens is 587 g/mol. The number of nitrogens with zero attached hydrogens (tertiary/aromatic N) is 1. The minimum atomic E-state index is -4.61. The predicted octanol–water partition coefficient (Wildman–Crippen LogP) is 7.26. The van der Waals surface area contributed by atoms with Gasteiger partial charge in [-0.2, -0.15) is 0 Å². The molecule has 0 aliphatic carbocycles. The first kappa shape index (κ1) is 42.7. The van der Waals surface area contributed by atoms with E-state index in [2.05, 4.69) is 79.9 Å². The number of phosphoric ester groups is 1.